The Balaban J connectivity index is 2.37. The van der Waals surface area contributed by atoms with Crippen LogP contribution in [0.2, 0.25) is 0 Å². The van der Waals surface area contributed by atoms with Gasteiger partial charge >= 0.3 is 7.12 Å². The van der Waals surface area contributed by atoms with Crippen LogP contribution >= 0.6 is 0 Å². The summed E-state index contributed by atoms with van der Waals surface area (Å²) in [6, 6.07) is 4.51. The zero-order valence-corrected chi connectivity index (χ0v) is 11.3. The lowest BCUT2D eigenvalue weighted by Gasteiger charge is -2.32. The Labute approximate surface area is 108 Å². The van der Waals surface area contributed by atoms with Gasteiger partial charge in [-0.1, -0.05) is 6.07 Å². The molecule has 0 unspecified atom stereocenters. The van der Waals surface area contributed by atoms with Crippen LogP contribution in [-0.4, -0.2) is 18.3 Å². The molecule has 5 heteroatoms. The molecular formula is C13H19BFNO2. The average molecular weight is 251 g/mol. The van der Waals surface area contributed by atoms with E-state index < -0.39 is 18.3 Å². The number of benzene rings is 1. The van der Waals surface area contributed by atoms with Crippen molar-refractivity contribution >= 4 is 12.6 Å². The van der Waals surface area contributed by atoms with Gasteiger partial charge in [0.1, 0.15) is 5.82 Å². The van der Waals surface area contributed by atoms with Gasteiger partial charge in [-0.25, -0.2) is 4.39 Å². The molecule has 1 aliphatic heterocycles. The summed E-state index contributed by atoms with van der Waals surface area (Å²) in [5.41, 5.74) is 6.32. The summed E-state index contributed by atoms with van der Waals surface area (Å²) in [4.78, 5) is 0. The fourth-order valence-electron chi connectivity index (χ4n) is 1.94. The molecule has 1 heterocycles. The Morgan fingerprint density at radius 2 is 1.72 bits per heavy atom. The zero-order chi connectivity index (χ0) is 13.6. The number of hydrogen-bond acceptors (Lipinski definition) is 3. The van der Waals surface area contributed by atoms with Crippen molar-refractivity contribution in [2.45, 2.75) is 45.4 Å². The summed E-state index contributed by atoms with van der Waals surface area (Å²) in [7, 11) is -0.566. The lowest BCUT2D eigenvalue weighted by molar-refractivity contribution is 0.00578. The highest BCUT2D eigenvalue weighted by molar-refractivity contribution is 6.62. The third kappa shape index (κ3) is 2.18. The van der Waals surface area contributed by atoms with Crippen LogP contribution in [0.1, 0.15) is 33.3 Å². The molecule has 0 spiro atoms. The molecular weight excluding hydrogens is 232 g/mol. The molecule has 0 aliphatic carbocycles. The minimum absolute atomic E-state index is 0.308. The first-order valence-corrected chi connectivity index (χ1v) is 6.11. The van der Waals surface area contributed by atoms with E-state index in [0.717, 1.165) is 5.56 Å². The van der Waals surface area contributed by atoms with E-state index in [2.05, 4.69) is 0 Å². The van der Waals surface area contributed by atoms with Crippen LogP contribution in [-0.2, 0) is 15.9 Å². The minimum atomic E-state index is -0.566. The summed E-state index contributed by atoms with van der Waals surface area (Å²) in [6.45, 7) is 8.20. The number of hydrogen-bond donors (Lipinski definition) is 1. The van der Waals surface area contributed by atoms with Gasteiger partial charge in [-0.15, -0.1) is 0 Å². The fraction of sp³-hybridized carbons (Fsp3) is 0.538. The van der Waals surface area contributed by atoms with E-state index in [-0.39, 0.29) is 5.82 Å². The van der Waals surface area contributed by atoms with Crippen LogP contribution in [0.25, 0.3) is 0 Å². The van der Waals surface area contributed by atoms with Gasteiger partial charge < -0.3 is 15.0 Å². The van der Waals surface area contributed by atoms with Crippen molar-refractivity contribution in [1.82, 2.24) is 0 Å². The Morgan fingerprint density at radius 1 is 1.17 bits per heavy atom. The Hall–Kier alpha value is -0.905. The molecule has 98 valence electrons. The van der Waals surface area contributed by atoms with Gasteiger partial charge in [0.15, 0.2) is 0 Å². The van der Waals surface area contributed by atoms with Crippen molar-refractivity contribution in [3.8, 4) is 0 Å². The second-order valence-electron chi connectivity index (χ2n) is 5.64. The SMILES string of the molecule is CC1(C)OB(c2cc(F)ccc2CN)OC1(C)C. The molecule has 2 rings (SSSR count). The van der Waals surface area contributed by atoms with Crippen molar-refractivity contribution in [2.75, 3.05) is 0 Å². The van der Waals surface area contributed by atoms with Crippen LogP contribution in [0.3, 0.4) is 0 Å². The monoisotopic (exact) mass is 251 g/mol. The highest BCUT2D eigenvalue weighted by atomic mass is 19.1. The zero-order valence-electron chi connectivity index (χ0n) is 11.3. The lowest BCUT2D eigenvalue weighted by atomic mass is 9.76. The molecule has 1 fully saturated rings. The van der Waals surface area contributed by atoms with Crippen molar-refractivity contribution in [3.05, 3.63) is 29.6 Å². The van der Waals surface area contributed by atoms with Crippen molar-refractivity contribution in [2.24, 2.45) is 5.73 Å². The topological polar surface area (TPSA) is 44.5 Å². The molecule has 1 aromatic carbocycles. The highest BCUT2D eigenvalue weighted by Gasteiger charge is 2.52. The highest BCUT2D eigenvalue weighted by Crippen LogP contribution is 2.36. The summed E-state index contributed by atoms with van der Waals surface area (Å²) in [6.07, 6.45) is 0. The lowest BCUT2D eigenvalue weighted by Crippen LogP contribution is -2.41. The molecule has 0 aromatic heterocycles. The summed E-state index contributed by atoms with van der Waals surface area (Å²) < 4.78 is 25.2. The van der Waals surface area contributed by atoms with Crippen LogP contribution in [0.15, 0.2) is 18.2 Å². The largest absolute Gasteiger partial charge is 0.495 e. The molecule has 0 amide bonds. The van der Waals surface area contributed by atoms with Gasteiger partial charge in [0, 0.05) is 6.54 Å². The van der Waals surface area contributed by atoms with E-state index in [0.29, 0.717) is 12.0 Å². The van der Waals surface area contributed by atoms with Crippen molar-refractivity contribution < 1.29 is 13.7 Å². The summed E-state index contributed by atoms with van der Waals surface area (Å²) in [5.74, 6) is -0.308. The number of rotatable bonds is 2. The molecule has 1 saturated heterocycles. The van der Waals surface area contributed by atoms with Crippen molar-refractivity contribution in [3.63, 3.8) is 0 Å². The standard InChI is InChI=1S/C13H19BFNO2/c1-12(2)13(3,4)18-14(17-12)11-7-10(15)6-5-9(11)8-16/h5-7H,8,16H2,1-4H3. The Bertz CT molecular complexity index is 446. The first-order chi connectivity index (χ1) is 8.27. The van der Waals surface area contributed by atoms with Crippen LogP contribution in [0.4, 0.5) is 4.39 Å². The second-order valence-corrected chi connectivity index (χ2v) is 5.64. The van der Waals surface area contributed by atoms with Gasteiger partial charge in [0.25, 0.3) is 0 Å². The number of halogens is 1. The van der Waals surface area contributed by atoms with Crippen LogP contribution in [0.5, 0.6) is 0 Å². The van der Waals surface area contributed by atoms with Gasteiger partial charge in [-0.3, -0.25) is 0 Å². The predicted octanol–water partition coefficient (Wildman–Crippen LogP) is 1.58. The van der Waals surface area contributed by atoms with E-state index in [1.54, 1.807) is 6.07 Å². The van der Waals surface area contributed by atoms with Crippen LogP contribution in [0, 0.1) is 5.82 Å². The van der Waals surface area contributed by atoms with Gasteiger partial charge in [-0.2, -0.15) is 0 Å². The Kier molecular flexibility index (Phi) is 3.26. The second kappa shape index (κ2) is 4.33. The molecule has 1 aliphatic rings. The molecule has 0 radical (unpaired) electrons. The van der Waals surface area contributed by atoms with Gasteiger partial charge in [-0.05, 0) is 50.9 Å². The molecule has 3 nitrogen and oxygen atoms in total. The normalized spacial score (nSPS) is 21.3. The third-order valence-electron chi connectivity index (χ3n) is 3.84. The maximum Gasteiger partial charge on any atom is 0.495 e. The van der Waals surface area contributed by atoms with E-state index >= 15 is 0 Å². The average Bonchev–Trinajstić information content (AvgIpc) is 2.48. The summed E-state index contributed by atoms with van der Waals surface area (Å²) in [5, 5.41) is 0. The van der Waals surface area contributed by atoms with Crippen molar-refractivity contribution in [1.29, 1.82) is 0 Å². The maximum absolute atomic E-state index is 13.4. The fourth-order valence-corrected chi connectivity index (χ4v) is 1.94. The smallest absolute Gasteiger partial charge is 0.399 e. The van der Waals surface area contributed by atoms with E-state index in [1.165, 1.54) is 12.1 Å². The van der Waals surface area contributed by atoms with E-state index in [1.807, 2.05) is 27.7 Å². The first-order valence-electron chi connectivity index (χ1n) is 6.11. The van der Waals surface area contributed by atoms with Gasteiger partial charge in [0.05, 0.1) is 11.2 Å². The molecule has 0 saturated carbocycles. The minimum Gasteiger partial charge on any atom is -0.399 e. The van der Waals surface area contributed by atoms with Gasteiger partial charge in [0.2, 0.25) is 0 Å². The molecule has 0 bridgehead atoms. The van der Waals surface area contributed by atoms with E-state index in [9.17, 15) is 4.39 Å². The molecule has 1 aromatic rings. The maximum atomic E-state index is 13.4. The molecule has 2 N–H and O–H groups in total. The summed E-state index contributed by atoms with van der Waals surface area (Å²) >= 11 is 0. The van der Waals surface area contributed by atoms with E-state index in [4.69, 9.17) is 15.0 Å². The number of nitrogens with two attached hydrogens (primary N) is 1. The molecule has 0 atom stereocenters. The predicted molar refractivity (Wildman–Crippen MR) is 70.0 cm³/mol. The first kappa shape index (κ1) is 13.5. The quantitative estimate of drug-likeness (QED) is 0.811. The Morgan fingerprint density at radius 3 is 2.22 bits per heavy atom. The molecule has 18 heavy (non-hydrogen) atoms. The third-order valence-corrected chi connectivity index (χ3v) is 3.84. The van der Waals surface area contributed by atoms with Crippen LogP contribution < -0.4 is 11.2 Å².